The van der Waals surface area contributed by atoms with E-state index in [4.69, 9.17) is 4.74 Å². The summed E-state index contributed by atoms with van der Waals surface area (Å²) in [6.07, 6.45) is 3.23. The average molecular weight is 388 g/mol. The predicted molar refractivity (Wildman–Crippen MR) is 105 cm³/mol. The van der Waals surface area contributed by atoms with Crippen molar-refractivity contribution in [1.29, 1.82) is 0 Å². The van der Waals surface area contributed by atoms with Crippen molar-refractivity contribution in [3.63, 3.8) is 0 Å². The molecule has 2 aromatic carbocycles. The van der Waals surface area contributed by atoms with Crippen LogP contribution in [0, 0.1) is 0 Å². The number of amides is 1. The van der Waals surface area contributed by atoms with E-state index in [1.807, 2.05) is 11.8 Å². The highest BCUT2D eigenvalue weighted by molar-refractivity contribution is 7.92. The normalized spacial score (nSPS) is 14.6. The minimum atomic E-state index is -3.70. The van der Waals surface area contributed by atoms with Crippen LogP contribution in [0.5, 0.6) is 5.75 Å². The molecule has 1 aliphatic rings. The maximum atomic E-state index is 12.5. The quantitative estimate of drug-likeness (QED) is 0.822. The minimum Gasteiger partial charge on any atom is -0.494 e. The summed E-state index contributed by atoms with van der Waals surface area (Å²) in [4.78, 5) is 14.5. The molecule has 0 aromatic heterocycles. The number of piperidine rings is 1. The number of sulfonamides is 1. The third kappa shape index (κ3) is 4.80. The molecule has 0 spiro atoms. The van der Waals surface area contributed by atoms with E-state index in [0.717, 1.165) is 32.4 Å². The summed E-state index contributed by atoms with van der Waals surface area (Å²) in [6.45, 7) is 3.95. The lowest BCUT2D eigenvalue weighted by molar-refractivity contribution is 0.0724. The molecule has 1 N–H and O–H groups in total. The van der Waals surface area contributed by atoms with Crippen LogP contribution in [0.15, 0.2) is 53.4 Å². The van der Waals surface area contributed by atoms with Gasteiger partial charge in [0, 0.05) is 24.3 Å². The zero-order chi connectivity index (χ0) is 19.3. The van der Waals surface area contributed by atoms with Gasteiger partial charge in [0.15, 0.2) is 0 Å². The van der Waals surface area contributed by atoms with Gasteiger partial charge in [0.1, 0.15) is 5.75 Å². The van der Waals surface area contributed by atoms with Gasteiger partial charge in [-0.15, -0.1) is 0 Å². The van der Waals surface area contributed by atoms with Gasteiger partial charge >= 0.3 is 0 Å². The molecule has 0 radical (unpaired) electrons. The Labute approximate surface area is 160 Å². The first-order valence-electron chi connectivity index (χ1n) is 9.14. The Bertz CT molecular complexity index is 871. The molecule has 6 nitrogen and oxygen atoms in total. The summed E-state index contributed by atoms with van der Waals surface area (Å²) in [5.41, 5.74) is 0.986. The molecule has 0 saturated carbocycles. The third-order valence-corrected chi connectivity index (χ3v) is 5.87. The zero-order valence-corrected chi connectivity index (χ0v) is 16.2. The van der Waals surface area contributed by atoms with Crippen LogP contribution in [0.2, 0.25) is 0 Å². The largest absolute Gasteiger partial charge is 0.494 e. The van der Waals surface area contributed by atoms with Crippen LogP contribution in [0.1, 0.15) is 36.5 Å². The van der Waals surface area contributed by atoms with Crippen LogP contribution in [0.25, 0.3) is 0 Å². The molecule has 1 heterocycles. The summed E-state index contributed by atoms with van der Waals surface area (Å²) in [6, 6.07) is 12.8. The van der Waals surface area contributed by atoms with Crippen molar-refractivity contribution in [2.75, 3.05) is 24.4 Å². The van der Waals surface area contributed by atoms with Crippen molar-refractivity contribution in [3.05, 3.63) is 54.1 Å². The second-order valence-corrected chi connectivity index (χ2v) is 8.12. The van der Waals surface area contributed by atoms with Gasteiger partial charge in [-0.05, 0) is 74.7 Å². The number of anilines is 1. The van der Waals surface area contributed by atoms with Gasteiger partial charge in [-0.3, -0.25) is 9.52 Å². The van der Waals surface area contributed by atoms with Crippen molar-refractivity contribution in [3.8, 4) is 5.75 Å². The second-order valence-electron chi connectivity index (χ2n) is 6.44. The standard InChI is InChI=1S/C20H24N2O4S/c1-2-26-18-10-12-19(13-11-18)27(24,25)21-17-8-6-16(7-9-17)20(23)22-14-4-3-5-15-22/h6-13,21H,2-5,14-15H2,1H3. The van der Waals surface area contributed by atoms with Crippen molar-refractivity contribution in [1.82, 2.24) is 4.90 Å². The molecule has 144 valence electrons. The molecule has 0 atom stereocenters. The lowest BCUT2D eigenvalue weighted by Gasteiger charge is -2.26. The molecule has 1 aliphatic heterocycles. The van der Waals surface area contributed by atoms with Crippen LogP contribution in [-0.4, -0.2) is 38.9 Å². The molecule has 27 heavy (non-hydrogen) atoms. The third-order valence-electron chi connectivity index (χ3n) is 4.47. The first kappa shape index (κ1) is 19.2. The lowest BCUT2D eigenvalue weighted by atomic mass is 10.1. The second kappa shape index (κ2) is 8.43. The number of nitrogens with one attached hydrogen (secondary N) is 1. The van der Waals surface area contributed by atoms with Gasteiger partial charge < -0.3 is 9.64 Å². The van der Waals surface area contributed by atoms with Gasteiger partial charge in [0.25, 0.3) is 15.9 Å². The zero-order valence-electron chi connectivity index (χ0n) is 15.3. The summed E-state index contributed by atoms with van der Waals surface area (Å²) in [7, 11) is -3.70. The molecule has 3 rings (SSSR count). The summed E-state index contributed by atoms with van der Waals surface area (Å²) in [5, 5.41) is 0. The lowest BCUT2D eigenvalue weighted by Crippen LogP contribution is -2.35. The van der Waals surface area contributed by atoms with E-state index in [9.17, 15) is 13.2 Å². The summed E-state index contributed by atoms with van der Waals surface area (Å²) < 4.78 is 32.9. The van der Waals surface area contributed by atoms with Crippen molar-refractivity contribution < 1.29 is 17.9 Å². The van der Waals surface area contributed by atoms with E-state index in [1.54, 1.807) is 36.4 Å². The van der Waals surface area contributed by atoms with Crippen molar-refractivity contribution >= 4 is 21.6 Å². The number of carbonyl (C=O) groups is 1. The Morgan fingerprint density at radius 3 is 2.22 bits per heavy atom. The molecule has 1 amide bonds. The van der Waals surface area contributed by atoms with Gasteiger partial charge in [-0.1, -0.05) is 0 Å². The van der Waals surface area contributed by atoms with E-state index in [2.05, 4.69) is 4.72 Å². The van der Waals surface area contributed by atoms with E-state index in [0.29, 0.717) is 23.6 Å². The number of rotatable bonds is 6. The van der Waals surface area contributed by atoms with Crippen LogP contribution >= 0.6 is 0 Å². The molecule has 0 aliphatic carbocycles. The average Bonchev–Trinajstić information content (AvgIpc) is 2.69. The highest BCUT2D eigenvalue weighted by Crippen LogP contribution is 2.20. The molecular weight excluding hydrogens is 364 g/mol. The van der Waals surface area contributed by atoms with Gasteiger partial charge in [-0.25, -0.2) is 8.42 Å². The monoisotopic (exact) mass is 388 g/mol. The minimum absolute atomic E-state index is 0.00406. The van der Waals surface area contributed by atoms with Crippen molar-refractivity contribution in [2.24, 2.45) is 0 Å². The highest BCUT2D eigenvalue weighted by Gasteiger charge is 2.19. The maximum Gasteiger partial charge on any atom is 0.261 e. The highest BCUT2D eigenvalue weighted by atomic mass is 32.2. The molecule has 0 bridgehead atoms. The fourth-order valence-electron chi connectivity index (χ4n) is 3.06. The number of likely N-dealkylation sites (tertiary alicyclic amines) is 1. The Kier molecular flexibility index (Phi) is 6.01. The number of carbonyl (C=O) groups excluding carboxylic acids is 1. The number of nitrogens with zero attached hydrogens (tertiary/aromatic N) is 1. The summed E-state index contributed by atoms with van der Waals surface area (Å²) in [5.74, 6) is 0.618. The molecule has 0 unspecified atom stereocenters. The van der Waals surface area contributed by atoms with Crippen LogP contribution in [-0.2, 0) is 10.0 Å². The Morgan fingerprint density at radius 2 is 1.63 bits per heavy atom. The number of ether oxygens (including phenoxy) is 1. The predicted octanol–water partition coefficient (Wildman–Crippen LogP) is 3.51. The topological polar surface area (TPSA) is 75.7 Å². The fourth-order valence-corrected chi connectivity index (χ4v) is 4.11. The molecule has 7 heteroatoms. The van der Waals surface area contributed by atoms with Crippen LogP contribution in [0.4, 0.5) is 5.69 Å². The van der Waals surface area contributed by atoms with E-state index < -0.39 is 10.0 Å². The fraction of sp³-hybridized carbons (Fsp3) is 0.350. The molecular formula is C20H24N2O4S. The molecule has 1 fully saturated rings. The maximum absolute atomic E-state index is 12.5. The van der Waals surface area contributed by atoms with E-state index in [-0.39, 0.29) is 10.8 Å². The number of hydrogen-bond acceptors (Lipinski definition) is 4. The van der Waals surface area contributed by atoms with Crippen LogP contribution < -0.4 is 9.46 Å². The van der Waals surface area contributed by atoms with Gasteiger partial charge in [-0.2, -0.15) is 0 Å². The molecule has 2 aromatic rings. The van der Waals surface area contributed by atoms with Gasteiger partial charge in [0.2, 0.25) is 0 Å². The number of benzene rings is 2. The SMILES string of the molecule is CCOc1ccc(S(=O)(=O)Nc2ccc(C(=O)N3CCCCC3)cc2)cc1. The Hall–Kier alpha value is -2.54. The Morgan fingerprint density at radius 1 is 1.00 bits per heavy atom. The van der Waals surface area contributed by atoms with Gasteiger partial charge in [0.05, 0.1) is 11.5 Å². The van der Waals surface area contributed by atoms with E-state index >= 15 is 0 Å². The smallest absolute Gasteiger partial charge is 0.261 e. The Balaban J connectivity index is 1.68. The number of hydrogen-bond donors (Lipinski definition) is 1. The molecule has 1 saturated heterocycles. The first-order chi connectivity index (χ1) is 13.0. The first-order valence-corrected chi connectivity index (χ1v) is 10.6. The summed E-state index contributed by atoms with van der Waals surface area (Å²) >= 11 is 0. The van der Waals surface area contributed by atoms with E-state index in [1.165, 1.54) is 12.1 Å². The van der Waals surface area contributed by atoms with Crippen molar-refractivity contribution in [2.45, 2.75) is 31.1 Å². The van der Waals surface area contributed by atoms with Crippen LogP contribution in [0.3, 0.4) is 0 Å².